The van der Waals surface area contributed by atoms with Gasteiger partial charge in [0.1, 0.15) is 11.6 Å². The molecule has 2 N–H and O–H groups in total. The number of hydrogen-bond donors (Lipinski definition) is 2. The number of aromatic nitrogens is 4. The number of H-pyrrole nitrogens is 2. The largest absolute Gasteiger partial charge is 0.497 e. The fraction of sp³-hybridized carbons (Fsp3) is 0.182. The van der Waals surface area contributed by atoms with E-state index in [0.29, 0.717) is 42.2 Å². The number of nitrogens with one attached hydrogen (secondary N) is 2. The highest BCUT2D eigenvalue weighted by atomic mass is 16.5. The minimum absolute atomic E-state index is 0.0924. The van der Waals surface area contributed by atoms with Crippen LogP contribution in [0.2, 0.25) is 0 Å². The topological polar surface area (TPSA) is 104 Å². The second kappa shape index (κ2) is 7.14. The number of ether oxygens (including phenoxy) is 1. The molecule has 2 aromatic heterocycles. The van der Waals surface area contributed by atoms with Crippen LogP contribution in [0.5, 0.6) is 5.75 Å². The molecule has 30 heavy (non-hydrogen) atoms. The molecule has 2 aromatic carbocycles. The molecular formula is C22H19N5O3. The SMILES string of the molecule is COc1ccc(-c2nc3c(c(=O)[nH]2)CCN(C(=O)c2ccc4nc[nH]c4c2)C3)cc1. The van der Waals surface area contributed by atoms with Gasteiger partial charge in [0.05, 0.1) is 36.7 Å². The van der Waals surface area contributed by atoms with Crippen molar-refractivity contribution in [3.8, 4) is 17.1 Å². The van der Waals surface area contributed by atoms with E-state index in [1.54, 1.807) is 30.5 Å². The van der Waals surface area contributed by atoms with Crippen LogP contribution in [0.1, 0.15) is 21.6 Å². The van der Waals surface area contributed by atoms with Gasteiger partial charge in [0, 0.05) is 23.2 Å². The van der Waals surface area contributed by atoms with E-state index >= 15 is 0 Å². The summed E-state index contributed by atoms with van der Waals surface area (Å²) in [6, 6.07) is 12.7. The molecule has 0 bridgehead atoms. The van der Waals surface area contributed by atoms with Crippen molar-refractivity contribution in [2.75, 3.05) is 13.7 Å². The molecule has 0 fully saturated rings. The van der Waals surface area contributed by atoms with E-state index in [4.69, 9.17) is 4.74 Å². The fourth-order valence-corrected chi connectivity index (χ4v) is 3.75. The van der Waals surface area contributed by atoms with Gasteiger partial charge >= 0.3 is 0 Å². The maximum absolute atomic E-state index is 13.0. The third-order valence-corrected chi connectivity index (χ3v) is 5.39. The maximum atomic E-state index is 13.0. The number of nitrogens with zero attached hydrogens (tertiary/aromatic N) is 3. The highest BCUT2D eigenvalue weighted by molar-refractivity contribution is 5.97. The normalized spacial score (nSPS) is 13.3. The number of aromatic amines is 2. The van der Waals surface area contributed by atoms with Gasteiger partial charge in [-0.2, -0.15) is 0 Å². The van der Waals surface area contributed by atoms with Crippen molar-refractivity contribution < 1.29 is 9.53 Å². The van der Waals surface area contributed by atoms with E-state index in [9.17, 15) is 9.59 Å². The summed E-state index contributed by atoms with van der Waals surface area (Å²) in [5.41, 5.74) is 4.10. The average Bonchev–Trinajstić information content (AvgIpc) is 3.26. The number of methoxy groups -OCH3 is 1. The molecule has 5 rings (SSSR count). The number of benzene rings is 2. The average molecular weight is 401 g/mol. The molecule has 1 amide bonds. The van der Waals surface area contributed by atoms with Gasteiger partial charge in [0.15, 0.2) is 0 Å². The lowest BCUT2D eigenvalue weighted by Crippen LogP contribution is -2.39. The van der Waals surface area contributed by atoms with Crippen LogP contribution >= 0.6 is 0 Å². The van der Waals surface area contributed by atoms with Crippen LogP contribution in [-0.4, -0.2) is 44.4 Å². The van der Waals surface area contributed by atoms with Gasteiger partial charge in [0.25, 0.3) is 11.5 Å². The van der Waals surface area contributed by atoms with E-state index in [-0.39, 0.29) is 11.5 Å². The van der Waals surface area contributed by atoms with E-state index < -0.39 is 0 Å². The molecule has 8 heteroatoms. The van der Waals surface area contributed by atoms with Gasteiger partial charge in [-0.3, -0.25) is 9.59 Å². The Bertz CT molecular complexity index is 1310. The summed E-state index contributed by atoms with van der Waals surface area (Å²) in [7, 11) is 1.60. The summed E-state index contributed by atoms with van der Waals surface area (Å²) in [6.07, 6.45) is 2.07. The molecular weight excluding hydrogens is 382 g/mol. The first-order valence-corrected chi connectivity index (χ1v) is 9.61. The zero-order chi connectivity index (χ0) is 20.7. The summed E-state index contributed by atoms with van der Waals surface area (Å²) in [6.45, 7) is 0.766. The van der Waals surface area contributed by atoms with Crippen molar-refractivity contribution >= 4 is 16.9 Å². The zero-order valence-electron chi connectivity index (χ0n) is 16.3. The lowest BCUT2D eigenvalue weighted by molar-refractivity contribution is 0.0731. The number of amides is 1. The first-order valence-electron chi connectivity index (χ1n) is 9.61. The molecule has 0 aliphatic carbocycles. The molecule has 1 aliphatic heterocycles. The van der Waals surface area contributed by atoms with Gasteiger partial charge in [-0.15, -0.1) is 0 Å². The number of fused-ring (bicyclic) bond motifs is 2. The second-order valence-corrected chi connectivity index (χ2v) is 7.18. The summed E-state index contributed by atoms with van der Waals surface area (Å²) in [5, 5.41) is 0. The maximum Gasteiger partial charge on any atom is 0.254 e. The Kier molecular flexibility index (Phi) is 4.31. The fourth-order valence-electron chi connectivity index (χ4n) is 3.75. The monoisotopic (exact) mass is 401 g/mol. The summed E-state index contributed by atoms with van der Waals surface area (Å²) >= 11 is 0. The Balaban J connectivity index is 1.45. The van der Waals surface area contributed by atoms with Crippen molar-refractivity contribution in [1.82, 2.24) is 24.8 Å². The van der Waals surface area contributed by atoms with Crippen LogP contribution < -0.4 is 10.3 Å². The van der Waals surface area contributed by atoms with Crippen LogP contribution in [-0.2, 0) is 13.0 Å². The number of hydrogen-bond acceptors (Lipinski definition) is 5. The summed E-state index contributed by atoms with van der Waals surface area (Å²) in [5.74, 6) is 1.12. The van der Waals surface area contributed by atoms with Gasteiger partial charge in [-0.05, 0) is 48.9 Å². The molecule has 1 aliphatic rings. The van der Waals surface area contributed by atoms with E-state index in [1.807, 2.05) is 30.3 Å². The molecule has 0 saturated heterocycles. The van der Waals surface area contributed by atoms with Crippen LogP contribution in [0.4, 0.5) is 0 Å². The van der Waals surface area contributed by atoms with E-state index in [1.165, 1.54) is 0 Å². The van der Waals surface area contributed by atoms with Gasteiger partial charge in [-0.25, -0.2) is 9.97 Å². The van der Waals surface area contributed by atoms with Crippen LogP contribution in [0, 0.1) is 0 Å². The quantitative estimate of drug-likeness (QED) is 0.549. The van der Waals surface area contributed by atoms with Crippen molar-refractivity contribution in [2.24, 2.45) is 0 Å². The molecule has 150 valence electrons. The Hall–Kier alpha value is -3.94. The molecule has 3 heterocycles. The Labute approximate surface area is 171 Å². The zero-order valence-corrected chi connectivity index (χ0v) is 16.3. The Morgan fingerprint density at radius 3 is 2.80 bits per heavy atom. The van der Waals surface area contributed by atoms with Crippen molar-refractivity contribution in [3.63, 3.8) is 0 Å². The summed E-state index contributed by atoms with van der Waals surface area (Å²) < 4.78 is 5.18. The Morgan fingerprint density at radius 2 is 2.00 bits per heavy atom. The second-order valence-electron chi connectivity index (χ2n) is 7.18. The first kappa shape index (κ1) is 18.1. The highest BCUT2D eigenvalue weighted by Gasteiger charge is 2.25. The van der Waals surface area contributed by atoms with Crippen LogP contribution in [0.3, 0.4) is 0 Å². The molecule has 0 radical (unpaired) electrons. The molecule has 0 atom stereocenters. The van der Waals surface area contributed by atoms with E-state index in [0.717, 1.165) is 22.3 Å². The predicted molar refractivity (Wildman–Crippen MR) is 111 cm³/mol. The van der Waals surface area contributed by atoms with Crippen molar-refractivity contribution in [1.29, 1.82) is 0 Å². The third kappa shape index (κ3) is 3.12. The predicted octanol–water partition coefficient (Wildman–Crippen LogP) is 2.52. The highest BCUT2D eigenvalue weighted by Crippen LogP contribution is 2.22. The van der Waals surface area contributed by atoms with Gasteiger partial charge < -0.3 is 19.6 Å². The smallest absolute Gasteiger partial charge is 0.254 e. The van der Waals surface area contributed by atoms with Gasteiger partial charge in [-0.1, -0.05) is 0 Å². The minimum Gasteiger partial charge on any atom is -0.497 e. The molecule has 0 saturated carbocycles. The number of rotatable bonds is 3. The number of carbonyl (C=O) groups is 1. The van der Waals surface area contributed by atoms with E-state index in [2.05, 4.69) is 19.9 Å². The van der Waals surface area contributed by atoms with Crippen LogP contribution in [0.15, 0.2) is 53.6 Å². The number of carbonyl (C=O) groups excluding carboxylic acids is 1. The first-order chi connectivity index (χ1) is 14.6. The molecule has 0 unspecified atom stereocenters. The molecule has 8 nitrogen and oxygen atoms in total. The van der Waals surface area contributed by atoms with Crippen molar-refractivity contribution in [3.05, 3.63) is 76.0 Å². The molecule has 0 spiro atoms. The molecule has 4 aromatic rings. The standard InChI is InChI=1S/C22H19N5O3/c1-30-15-5-2-13(3-6-15)20-25-19-11-27(9-8-16(19)21(28)26-20)22(29)14-4-7-17-18(10-14)24-12-23-17/h2-7,10,12H,8-9,11H2,1H3,(H,23,24)(H,25,26,28). The van der Waals surface area contributed by atoms with Gasteiger partial charge in [0.2, 0.25) is 0 Å². The third-order valence-electron chi connectivity index (χ3n) is 5.39. The lowest BCUT2D eigenvalue weighted by atomic mass is 10.0. The summed E-state index contributed by atoms with van der Waals surface area (Å²) in [4.78, 5) is 42.1. The van der Waals surface area contributed by atoms with Crippen molar-refractivity contribution in [2.45, 2.75) is 13.0 Å². The number of imidazole rings is 1. The van der Waals surface area contributed by atoms with Crippen LogP contribution in [0.25, 0.3) is 22.4 Å². The lowest BCUT2D eigenvalue weighted by Gasteiger charge is -2.28. The minimum atomic E-state index is -0.156. The Morgan fingerprint density at radius 1 is 1.17 bits per heavy atom.